The molecular weight excluding hydrogens is 160 g/mol. The Hall–Kier alpha value is -0.380. The molecule has 1 saturated heterocycles. The fourth-order valence-corrected chi connectivity index (χ4v) is 3.07. The van der Waals surface area contributed by atoms with Crippen LogP contribution in [0.2, 0.25) is 0 Å². The number of aliphatic imine (C=N–C) groups is 1. The average molecular weight is 172 g/mol. The summed E-state index contributed by atoms with van der Waals surface area (Å²) in [4.78, 5) is 6.36. The quantitative estimate of drug-likeness (QED) is 0.551. The molecule has 4 heteroatoms. The van der Waals surface area contributed by atoms with E-state index >= 15 is 0 Å². The summed E-state index contributed by atoms with van der Waals surface area (Å²) in [5.74, 6) is 1.74. The van der Waals surface area contributed by atoms with Gasteiger partial charge in [-0.15, -0.1) is 0 Å². The van der Waals surface area contributed by atoms with Crippen LogP contribution in [0.3, 0.4) is 0 Å². The molecule has 1 fully saturated rings. The van der Waals surface area contributed by atoms with Crippen LogP contribution in [-0.4, -0.2) is 46.1 Å². The molecule has 0 aromatic heterocycles. The molecule has 2 heterocycles. The first-order chi connectivity index (χ1) is 5.36. The van der Waals surface area contributed by atoms with Crippen LogP contribution in [0, 0.1) is 0 Å². The van der Waals surface area contributed by atoms with Crippen LogP contribution in [0.4, 0.5) is 0 Å². The molecule has 0 N–H and O–H groups in total. The summed E-state index contributed by atoms with van der Waals surface area (Å²) >= 11 is 0. The van der Waals surface area contributed by atoms with Gasteiger partial charge in [0.2, 0.25) is 0 Å². The van der Waals surface area contributed by atoms with Crippen LogP contribution in [0.15, 0.2) is 4.99 Å². The lowest BCUT2D eigenvalue weighted by molar-refractivity contribution is 0.372. The predicted octanol–water partition coefficient (Wildman–Crippen LogP) is -0.149. The molecule has 3 nitrogen and oxygen atoms in total. The van der Waals surface area contributed by atoms with E-state index in [4.69, 9.17) is 0 Å². The van der Waals surface area contributed by atoms with Gasteiger partial charge < -0.3 is 4.90 Å². The number of nitrogens with zero attached hydrogens (tertiary/aromatic N) is 2. The van der Waals surface area contributed by atoms with E-state index in [2.05, 4.69) is 9.89 Å². The van der Waals surface area contributed by atoms with Gasteiger partial charge >= 0.3 is 0 Å². The maximum Gasteiger partial charge on any atom is 0.0854 e. The standard InChI is InChI=1S/C7H12N2OS/c10-11-4-1-7(5-11)9-3-2-8-6-9/h6-7H,1-5H2. The average Bonchev–Trinajstić information content (AvgIpc) is 2.55. The maximum absolute atomic E-state index is 11.1. The van der Waals surface area contributed by atoms with E-state index in [0.717, 1.165) is 31.0 Å². The lowest BCUT2D eigenvalue weighted by atomic mass is 10.2. The van der Waals surface area contributed by atoms with Crippen molar-refractivity contribution in [1.82, 2.24) is 4.90 Å². The molecule has 62 valence electrons. The third-order valence-corrected chi connectivity index (χ3v) is 3.69. The minimum Gasteiger partial charge on any atom is -0.357 e. The van der Waals surface area contributed by atoms with Crippen LogP contribution >= 0.6 is 0 Å². The summed E-state index contributed by atoms with van der Waals surface area (Å²) < 4.78 is 11.1. The van der Waals surface area contributed by atoms with E-state index in [1.807, 2.05) is 6.34 Å². The molecule has 2 atom stereocenters. The number of rotatable bonds is 1. The minimum atomic E-state index is -0.552. The summed E-state index contributed by atoms with van der Waals surface area (Å²) in [6.07, 6.45) is 2.99. The van der Waals surface area contributed by atoms with Crippen LogP contribution < -0.4 is 0 Å². The van der Waals surface area contributed by atoms with Gasteiger partial charge in [0, 0.05) is 34.9 Å². The van der Waals surface area contributed by atoms with Crippen molar-refractivity contribution in [1.29, 1.82) is 0 Å². The summed E-state index contributed by atoms with van der Waals surface area (Å²) in [5.41, 5.74) is 0. The van der Waals surface area contributed by atoms with E-state index in [1.54, 1.807) is 0 Å². The normalized spacial score (nSPS) is 36.9. The second-order valence-corrected chi connectivity index (χ2v) is 4.63. The molecule has 2 unspecified atom stereocenters. The first-order valence-corrected chi connectivity index (χ1v) is 5.46. The third kappa shape index (κ3) is 1.45. The van der Waals surface area contributed by atoms with Crippen molar-refractivity contribution < 1.29 is 4.21 Å². The lowest BCUT2D eigenvalue weighted by Gasteiger charge is -2.20. The van der Waals surface area contributed by atoms with Gasteiger partial charge in [-0.05, 0) is 6.42 Å². The lowest BCUT2D eigenvalue weighted by Crippen LogP contribution is -2.33. The molecule has 0 radical (unpaired) electrons. The molecule has 2 rings (SSSR count). The molecule has 2 aliphatic rings. The second kappa shape index (κ2) is 2.93. The zero-order valence-corrected chi connectivity index (χ0v) is 7.22. The topological polar surface area (TPSA) is 32.7 Å². The number of hydrogen-bond donors (Lipinski definition) is 0. The van der Waals surface area contributed by atoms with Crippen molar-refractivity contribution >= 4 is 17.1 Å². The highest BCUT2D eigenvalue weighted by Crippen LogP contribution is 2.14. The van der Waals surface area contributed by atoms with E-state index in [9.17, 15) is 4.21 Å². The Morgan fingerprint density at radius 3 is 3.09 bits per heavy atom. The number of hydrogen-bond acceptors (Lipinski definition) is 3. The Morgan fingerprint density at radius 1 is 1.64 bits per heavy atom. The van der Waals surface area contributed by atoms with Gasteiger partial charge in [0.1, 0.15) is 0 Å². The molecule has 0 aromatic carbocycles. The Kier molecular flexibility index (Phi) is 1.94. The Labute approximate surface area is 68.9 Å². The Morgan fingerprint density at radius 2 is 2.55 bits per heavy atom. The highest BCUT2D eigenvalue weighted by Gasteiger charge is 2.26. The van der Waals surface area contributed by atoms with E-state index in [-0.39, 0.29) is 0 Å². The van der Waals surface area contributed by atoms with Crippen molar-refractivity contribution in [3.63, 3.8) is 0 Å². The first kappa shape index (κ1) is 7.28. The maximum atomic E-state index is 11.1. The summed E-state index contributed by atoms with van der Waals surface area (Å²) in [6, 6.07) is 0.516. The van der Waals surface area contributed by atoms with E-state index in [1.165, 1.54) is 0 Å². The van der Waals surface area contributed by atoms with Crippen molar-refractivity contribution in [2.75, 3.05) is 24.6 Å². The van der Waals surface area contributed by atoms with Crippen molar-refractivity contribution in [2.45, 2.75) is 12.5 Å². The molecule has 11 heavy (non-hydrogen) atoms. The van der Waals surface area contributed by atoms with Gasteiger partial charge in [0.25, 0.3) is 0 Å². The van der Waals surface area contributed by atoms with Gasteiger partial charge in [-0.3, -0.25) is 9.20 Å². The van der Waals surface area contributed by atoms with Crippen LogP contribution in [0.1, 0.15) is 6.42 Å². The summed E-state index contributed by atoms with van der Waals surface area (Å²) in [6.45, 7) is 1.95. The van der Waals surface area contributed by atoms with Gasteiger partial charge in [0.05, 0.1) is 12.9 Å². The highest BCUT2D eigenvalue weighted by atomic mass is 32.2. The fraction of sp³-hybridized carbons (Fsp3) is 0.857. The van der Waals surface area contributed by atoms with Crippen molar-refractivity contribution in [3.8, 4) is 0 Å². The molecule has 0 spiro atoms. The van der Waals surface area contributed by atoms with Gasteiger partial charge in [0.15, 0.2) is 0 Å². The van der Waals surface area contributed by atoms with Crippen molar-refractivity contribution in [3.05, 3.63) is 0 Å². The third-order valence-electron chi connectivity index (χ3n) is 2.24. The van der Waals surface area contributed by atoms with Crippen LogP contribution in [0.25, 0.3) is 0 Å². The van der Waals surface area contributed by atoms with Gasteiger partial charge in [-0.25, -0.2) is 0 Å². The summed E-state index contributed by atoms with van der Waals surface area (Å²) in [5, 5.41) is 0. The van der Waals surface area contributed by atoms with Gasteiger partial charge in [-0.1, -0.05) is 0 Å². The van der Waals surface area contributed by atoms with E-state index < -0.39 is 10.8 Å². The molecule has 0 amide bonds. The first-order valence-electron chi connectivity index (χ1n) is 3.97. The zero-order valence-electron chi connectivity index (χ0n) is 6.40. The second-order valence-electron chi connectivity index (χ2n) is 3.01. The zero-order chi connectivity index (χ0) is 7.68. The molecular formula is C7H12N2OS. The van der Waals surface area contributed by atoms with Crippen LogP contribution in [0.5, 0.6) is 0 Å². The van der Waals surface area contributed by atoms with Crippen LogP contribution in [-0.2, 0) is 10.8 Å². The highest BCUT2D eigenvalue weighted by molar-refractivity contribution is 7.85. The summed E-state index contributed by atoms with van der Waals surface area (Å²) in [7, 11) is -0.552. The van der Waals surface area contributed by atoms with Gasteiger partial charge in [-0.2, -0.15) is 0 Å². The SMILES string of the molecule is O=S1CCC(N2C=NCC2)C1. The largest absolute Gasteiger partial charge is 0.357 e. The Bertz CT molecular complexity index is 205. The smallest absolute Gasteiger partial charge is 0.0854 e. The molecule has 0 bridgehead atoms. The monoisotopic (exact) mass is 172 g/mol. The Balaban J connectivity index is 1.95. The fourth-order valence-electron chi connectivity index (χ4n) is 1.58. The molecule has 0 aromatic rings. The molecule has 2 aliphatic heterocycles. The predicted molar refractivity (Wildman–Crippen MR) is 46.3 cm³/mol. The van der Waals surface area contributed by atoms with E-state index in [0.29, 0.717) is 6.04 Å². The van der Waals surface area contributed by atoms with Crippen molar-refractivity contribution in [2.24, 2.45) is 4.99 Å². The molecule has 0 aliphatic carbocycles. The minimum absolute atomic E-state index is 0.516. The molecule has 0 saturated carbocycles.